The summed E-state index contributed by atoms with van der Waals surface area (Å²) < 4.78 is 1.78. The average molecular weight is 203 g/mol. The molecule has 0 aliphatic rings. The number of anilines is 1. The summed E-state index contributed by atoms with van der Waals surface area (Å²) in [7, 11) is 1.90. The Morgan fingerprint density at radius 1 is 1.40 bits per heavy atom. The van der Waals surface area contributed by atoms with Gasteiger partial charge in [0.25, 0.3) is 0 Å². The number of rotatable bonds is 3. The van der Waals surface area contributed by atoms with Crippen molar-refractivity contribution in [2.75, 3.05) is 5.32 Å². The van der Waals surface area contributed by atoms with Crippen molar-refractivity contribution in [3.63, 3.8) is 0 Å². The van der Waals surface area contributed by atoms with Crippen molar-refractivity contribution in [1.29, 1.82) is 0 Å². The molecule has 0 radical (unpaired) electrons. The standard InChI is InChI=1S/C10H13N5/c1-8-3-10(14-12-4-8)11-5-9-6-13-15(2)7-9/h3-4,6-7H,5H2,1-2H3,(H,11,14). The Morgan fingerprint density at radius 2 is 2.27 bits per heavy atom. The first-order valence-electron chi connectivity index (χ1n) is 4.75. The van der Waals surface area contributed by atoms with Gasteiger partial charge in [-0.15, -0.1) is 5.10 Å². The molecule has 0 aliphatic heterocycles. The van der Waals surface area contributed by atoms with Crippen LogP contribution in [0.4, 0.5) is 5.82 Å². The van der Waals surface area contributed by atoms with E-state index in [0.29, 0.717) is 6.54 Å². The lowest BCUT2D eigenvalue weighted by atomic mass is 10.3. The zero-order chi connectivity index (χ0) is 10.7. The molecule has 2 aromatic heterocycles. The number of aryl methyl sites for hydroxylation is 2. The largest absolute Gasteiger partial charge is 0.364 e. The summed E-state index contributed by atoms with van der Waals surface area (Å²) >= 11 is 0. The van der Waals surface area contributed by atoms with Crippen molar-refractivity contribution < 1.29 is 0 Å². The van der Waals surface area contributed by atoms with Crippen molar-refractivity contribution in [2.24, 2.45) is 7.05 Å². The molecule has 0 amide bonds. The number of aromatic nitrogens is 4. The smallest absolute Gasteiger partial charge is 0.149 e. The Hall–Kier alpha value is -1.91. The molecule has 1 N–H and O–H groups in total. The Labute approximate surface area is 88.1 Å². The quantitative estimate of drug-likeness (QED) is 0.812. The number of nitrogens with one attached hydrogen (secondary N) is 1. The van der Waals surface area contributed by atoms with E-state index in [0.717, 1.165) is 16.9 Å². The van der Waals surface area contributed by atoms with Crippen LogP contribution >= 0.6 is 0 Å². The van der Waals surface area contributed by atoms with E-state index < -0.39 is 0 Å². The number of nitrogens with zero attached hydrogens (tertiary/aromatic N) is 4. The third-order valence-corrected chi connectivity index (χ3v) is 2.02. The molecule has 0 spiro atoms. The van der Waals surface area contributed by atoms with Crippen LogP contribution in [-0.2, 0) is 13.6 Å². The van der Waals surface area contributed by atoms with Crippen LogP contribution in [0.15, 0.2) is 24.7 Å². The van der Waals surface area contributed by atoms with Gasteiger partial charge in [0.1, 0.15) is 5.82 Å². The summed E-state index contributed by atoms with van der Waals surface area (Å²) in [5.74, 6) is 0.791. The van der Waals surface area contributed by atoms with Crippen LogP contribution in [0.5, 0.6) is 0 Å². The number of hydrogen-bond donors (Lipinski definition) is 1. The summed E-state index contributed by atoms with van der Waals surface area (Å²) in [6.07, 6.45) is 5.53. The topological polar surface area (TPSA) is 55.6 Å². The molecule has 78 valence electrons. The fraction of sp³-hybridized carbons (Fsp3) is 0.300. The van der Waals surface area contributed by atoms with Gasteiger partial charge in [0.15, 0.2) is 0 Å². The third-order valence-electron chi connectivity index (χ3n) is 2.02. The molecule has 0 atom stereocenters. The molecule has 5 nitrogen and oxygen atoms in total. The fourth-order valence-electron chi connectivity index (χ4n) is 1.31. The Bertz CT molecular complexity index is 449. The predicted molar refractivity (Wildman–Crippen MR) is 57.3 cm³/mol. The third kappa shape index (κ3) is 2.52. The molecule has 2 rings (SSSR count). The maximum Gasteiger partial charge on any atom is 0.149 e. The minimum atomic E-state index is 0.714. The fourth-order valence-corrected chi connectivity index (χ4v) is 1.31. The highest BCUT2D eigenvalue weighted by molar-refractivity contribution is 5.35. The summed E-state index contributed by atoms with van der Waals surface area (Å²) in [4.78, 5) is 0. The van der Waals surface area contributed by atoms with E-state index in [1.165, 1.54) is 0 Å². The number of hydrogen-bond acceptors (Lipinski definition) is 4. The summed E-state index contributed by atoms with van der Waals surface area (Å²) in [5.41, 5.74) is 2.22. The molecule has 0 aromatic carbocycles. The van der Waals surface area contributed by atoms with Gasteiger partial charge in [-0.2, -0.15) is 10.2 Å². The molecule has 0 fully saturated rings. The SMILES string of the molecule is Cc1cnnc(NCc2cnn(C)c2)c1. The first-order valence-corrected chi connectivity index (χ1v) is 4.75. The van der Waals surface area contributed by atoms with Crippen molar-refractivity contribution in [1.82, 2.24) is 20.0 Å². The zero-order valence-corrected chi connectivity index (χ0v) is 8.81. The lowest BCUT2D eigenvalue weighted by molar-refractivity contribution is 0.767. The van der Waals surface area contributed by atoms with E-state index in [-0.39, 0.29) is 0 Å². The van der Waals surface area contributed by atoms with Crippen LogP contribution in [0.2, 0.25) is 0 Å². The molecule has 2 heterocycles. The monoisotopic (exact) mass is 203 g/mol. The second-order valence-corrected chi connectivity index (χ2v) is 3.49. The Balaban J connectivity index is 1.99. The maximum atomic E-state index is 4.09. The molecule has 0 bridgehead atoms. The van der Waals surface area contributed by atoms with Gasteiger partial charge in [-0.05, 0) is 18.6 Å². The van der Waals surface area contributed by atoms with Crippen molar-refractivity contribution in [2.45, 2.75) is 13.5 Å². The van der Waals surface area contributed by atoms with Crippen LogP contribution in [0.25, 0.3) is 0 Å². The van der Waals surface area contributed by atoms with Gasteiger partial charge in [-0.25, -0.2) is 0 Å². The zero-order valence-electron chi connectivity index (χ0n) is 8.81. The first-order chi connectivity index (χ1) is 7.24. The first kappa shape index (κ1) is 9.64. The van der Waals surface area contributed by atoms with Crippen LogP contribution in [0.3, 0.4) is 0 Å². The minimum Gasteiger partial charge on any atom is -0.364 e. The highest BCUT2D eigenvalue weighted by Gasteiger charge is 1.97. The molecule has 2 aromatic rings. The van der Waals surface area contributed by atoms with Crippen LogP contribution < -0.4 is 5.32 Å². The van der Waals surface area contributed by atoms with Gasteiger partial charge in [0.05, 0.1) is 12.4 Å². The Morgan fingerprint density at radius 3 is 2.93 bits per heavy atom. The summed E-state index contributed by atoms with van der Waals surface area (Å²) in [6.45, 7) is 2.70. The van der Waals surface area contributed by atoms with Crippen molar-refractivity contribution in [3.8, 4) is 0 Å². The van der Waals surface area contributed by atoms with Crippen LogP contribution in [0.1, 0.15) is 11.1 Å². The van der Waals surface area contributed by atoms with E-state index >= 15 is 0 Å². The molecular weight excluding hydrogens is 190 g/mol. The van der Waals surface area contributed by atoms with Gasteiger partial charge in [-0.3, -0.25) is 4.68 Å². The van der Waals surface area contributed by atoms with Crippen molar-refractivity contribution in [3.05, 3.63) is 35.8 Å². The van der Waals surface area contributed by atoms with Crippen LogP contribution in [-0.4, -0.2) is 20.0 Å². The second kappa shape index (κ2) is 4.08. The van der Waals surface area contributed by atoms with E-state index in [4.69, 9.17) is 0 Å². The average Bonchev–Trinajstić information content (AvgIpc) is 2.62. The minimum absolute atomic E-state index is 0.714. The molecular formula is C10H13N5. The maximum absolute atomic E-state index is 4.09. The lowest BCUT2D eigenvalue weighted by Crippen LogP contribution is -2.01. The van der Waals surface area contributed by atoms with Gasteiger partial charge in [0.2, 0.25) is 0 Å². The van der Waals surface area contributed by atoms with E-state index in [2.05, 4.69) is 20.6 Å². The molecule has 0 unspecified atom stereocenters. The van der Waals surface area contributed by atoms with Crippen molar-refractivity contribution >= 4 is 5.82 Å². The van der Waals surface area contributed by atoms with Gasteiger partial charge < -0.3 is 5.32 Å². The highest BCUT2D eigenvalue weighted by atomic mass is 15.2. The molecule has 5 heteroatoms. The summed E-state index contributed by atoms with van der Waals surface area (Å²) in [5, 5.41) is 15.1. The normalized spacial score (nSPS) is 10.3. The molecule has 0 aliphatic carbocycles. The predicted octanol–water partition coefficient (Wildman–Crippen LogP) is 1.13. The van der Waals surface area contributed by atoms with Crippen LogP contribution in [0, 0.1) is 6.92 Å². The molecule has 15 heavy (non-hydrogen) atoms. The highest BCUT2D eigenvalue weighted by Crippen LogP contribution is 2.05. The molecule has 0 saturated heterocycles. The van der Waals surface area contributed by atoms with Gasteiger partial charge in [-0.1, -0.05) is 0 Å². The summed E-state index contributed by atoms with van der Waals surface area (Å²) in [6, 6.07) is 1.96. The van der Waals surface area contributed by atoms with Gasteiger partial charge >= 0.3 is 0 Å². The lowest BCUT2D eigenvalue weighted by Gasteiger charge is -2.02. The second-order valence-electron chi connectivity index (χ2n) is 3.49. The van der Waals surface area contributed by atoms with E-state index in [1.54, 1.807) is 10.9 Å². The molecule has 0 saturated carbocycles. The van der Waals surface area contributed by atoms with Gasteiger partial charge in [0, 0.05) is 25.4 Å². The van der Waals surface area contributed by atoms with E-state index in [9.17, 15) is 0 Å². The van der Waals surface area contributed by atoms with E-state index in [1.807, 2.05) is 32.4 Å². The Kier molecular flexibility index (Phi) is 2.62.